The highest BCUT2D eigenvalue weighted by Crippen LogP contribution is 2.35. The number of aliphatic carboxylic acids is 1. The average molecular weight is 264 g/mol. The number of nitro benzene ring substituents is 1. The molecule has 6 heteroatoms. The molecule has 0 saturated carbocycles. The number of nitrogens with zero attached hydrogens (tertiary/aromatic N) is 2. The first-order valence-electron chi connectivity index (χ1n) is 6.17. The van der Waals surface area contributed by atoms with Gasteiger partial charge in [-0.15, -0.1) is 0 Å². The van der Waals surface area contributed by atoms with Gasteiger partial charge in [0.25, 0.3) is 5.69 Å². The fourth-order valence-corrected chi connectivity index (χ4v) is 2.71. The van der Waals surface area contributed by atoms with E-state index in [1.807, 2.05) is 6.92 Å². The summed E-state index contributed by atoms with van der Waals surface area (Å²) in [5.41, 5.74) is 1.19. The van der Waals surface area contributed by atoms with Crippen molar-refractivity contribution in [3.8, 4) is 0 Å². The summed E-state index contributed by atoms with van der Waals surface area (Å²) < 4.78 is 0. The van der Waals surface area contributed by atoms with E-state index in [1.165, 1.54) is 6.07 Å². The maximum absolute atomic E-state index is 11.4. The molecule has 102 valence electrons. The Morgan fingerprint density at radius 2 is 2.21 bits per heavy atom. The zero-order valence-corrected chi connectivity index (χ0v) is 10.9. The van der Waals surface area contributed by atoms with Crippen LogP contribution in [0.5, 0.6) is 0 Å². The molecule has 0 radical (unpaired) electrons. The summed E-state index contributed by atoms with van der Waals surface area (Å²) in [6.07, 6.45) is 0.777. The number of hydrogen-bond donors (Lipinski definition) is 1. The number of carboxylic acid groups (broad SMARTS) is 1. The van der Waals surface area contributed by atoms with Crippen molar-refractivity contribution in [1.29, 1.82) is 0 Å². The highest BCUT2D eigenvalue weighted by atomic mass is 16.6. The first kappa shape index (κ1) is 13.3. The second-order valence-corrected chi connectivity index (χ2v) is 4.92. The zero-order chi connectivity index (χ0) is 14.2. The third kappa shape index (κ3) is 2.25. The Bertz CT molecular complexity index is 529. The molecule has 1 saturated heterocycles. The normalized spacial score (nSPS) is 22.5. The highest BCUT2D eigenvalue weighted by Gasteiger charge is 2.38. The molecular weight excluding hydrogens is 248 g/mol. The maximum atomic E-state index is 11.4. The molecule has 19 heavy (non-hydrogen) atoms. The summed E-state index contributed by atoms with van der Waals surface area (Å²) in [7, 11) is 0. The summed E-state index contributed by atoms with van der Waals surface area (Å²) in [6, 6.07) is 4.17. The molecule has 0 spiro atoms. The zero-order valence-electron chi connectivity index (χ0n) is 10.9. The number of anilines is 1. The Kier molecular flexibility index (Phi) is 3.42. The van der Waals surface area contributed by atoms with Crippen LogP contribution in [-0.2, 0) is 4.79 Å². The molecule has 6 nitrogen and oxygen atoms in total. The van der Waals surface area contributed by atoms with E-state index in [1.54, 1.807) is 24.0 Å². The van der Waals surface area contributed by atoms with Gasteiger partial charge in [-0.05, 0) is 25.3 Å². The minimum Gasteiger partial charge on any atom is -0.480 e. The van der Waals surface area contributed by atoms with Crippen molar-refractivity contribution in [2.24, 2.45) is 5.92 Å². The Morgan fingerprint density at radius 3 is 2.79 bits per heavy atom. The van der Waals surface area contributed by atoms with Crippen LogP contribution in [0.4, 0.5) is 11.4 Å². The predicted molar refractivity (Wildman–Crippen MR) is 70.4 cm³/mol. The largest absolute Gasteiger partial charge is 0.480 e. The summed E-state index contributed by atoms with van der Waals surface area (Å²) in [4.78, 5) is 23.6. The van der Waals surface area contributed by atoms with Crippen LogP contribution in [0.25, 0.3) is 0 Å². The van der Waals surface area contributed by atoms with E-state index in [-0.39, 0.29) is 11.6 Å². The van der Waals surface area contributed by atoms with E-state index in [4.69, 9.17) is 0 Å². The lowest BCUT2D eigenvalue weighted by Crippen LogP contribution is -2.39. The lowest BCUT2D eigenvalue weighted by molar-refractivity contribution is -0.385. The van der Waals surface area contributed by atoms with Crippen molar-refractivity contribution < 1.29 is 14.8 Å². The topological polar surface area (TPSA) is 83.7 Å². The van der Waals surface area contributed by atoms with Crippen LogP contribution in [-0.4, -0.2) is 28.6 Å². The lowest BCUT2D eigenvalue weighted by atomic mass is 10.0. The standard InChI is InChI=1S/C13H16N2O4/c1-8-6-7-14(12(8)13(16)17)10-4-3-5-11(9(10)2)15(18)19/h3-5,8,12H,6-7H2,1-2H3,(H,16,17). The van der Waals surface area contributed by atoms with E-state index in [0.29, 0.717) is 17.8 Å². The minimum absolute atomic E-state index is 0.0289. The number of benzene rings is 1. The predicted octanol–water partition coefficient (Wildman–Crippen LogP) is 2.20. The van der Waals surface area contributed by atoms with Gasteiger partial charge in [0.2, 0.25) is 0 Å². The van der Waals surface area contributed by atoms with E-state index >= 15 is 0 Å². The van der Waals surface area contributed by atoms with Gasteiger partial charge in [0, 0.05) is 18.3 Å². The van der Waals surface area contributed by atoms with Crippen molar-refractivity contribution in [2.45, 2.75) is 26.3 Å². The lowest BCUT2D eigenvalue weighted by Gasteiger charge is -2.26. The Morgan fingerprint density at radius 1 is 1.53 bits per heavy atom. The quantitative estimate of drug-likeness (QED) is 0.668. The first-order chi connectivity index (χ1) is 8.93. The molecular formula is C13H16N2O4. The van der Waals surface area contributed by atoms with Crippen LogP contribution in [0.1, 0.15) is 18.9 Å². The molecule has 1 aliphatic heterocycles. The van der Waals surface area contributed by atoms with Crippen LogP contribution >= 0.6 is 0 Å². The summed E-state index contributed by atoms with van der Waals surface area (Å²) in [5.74, 6) is -0.841. The molecule has 2 rings (SSSR count). The maximum Gasteiger partial charge on any atom is 0.326 e. The molecule has 1 aromatic rings. The molecule has 1 heterocycles. The average Bonchev–Trinajstić information content (AvgIpc) is 2.71. The molecule has 1 N–H and O–H groups in total. The Labute approximate surface area is 110 Å². The third-order valence-electron chi connectivity index (χ3n) is 3.74. The van der Waals surface area contributed by atoms with Gasteiger partial charge in [-0.1, -0.05) is 13.0 Å². The number of hydrogen-bond acceptors (Lipinski definition) is 4. The molecule has 1 aromatic carbocycles. The van der Waals surface area contributed by atoms with Crippen molar-refractivity contribution >= 4 is 17.3 Å². The number of carboxylic acids is 1. The van der Waals surface area contributed by atoms with Gasteiger partial charge in [0.05, 0.1) is 10.5 Å². The van der Waals surface area contributed by atoms with Gasteiger partial charge in [-0.2, -0.15) is 0 Å². The number of carbonyl (C=O) groups is 1. The smallest absolute Gasteiger partial charge is 0.326 e. The Balaban J connectivity index is 2.45. The monoisotopic (exact) mass is 264 g/mol. The van der Waals surface area contributed by atoms with Crippen molar-refractivity contribution in [3.05, 3.63) is 33.9 Å². The molecule has 0 bridgehead atoms. The second-order valence-electron chi connectivity index (χ2n) is 4.92. The fraction of sp³-hybridized carbons (Fsp3) is 0.462. The van der Waals surface area contributed by atoms with Gasteiger partial charge in [-0.25, -0.2) is 4.79 Å². The summed E-state index contributed by atoms with van der Waals surface area (Å²) in [5, 5.41) is 20.2. The second kappa shape index (κ2) is 4.87. The van der Waals surface area contributed by atoms with E-state index in [2.05, 4.69) is 0 Å². The number of rotatable bonds is 3. The first-order valence-corrected chi connectivity index (χ1v) is 6.17. The Hall–Kier alpha value is -2.11. The van der Waals surface area contributed by atoms with Gasteiger partial charge in [0.1, 0.15) is 6.04 Å². The molecule has 0 aromatic heterocycles. The van der Waals surface area contributed by atoms with Gasteiger partial charge in [0.15, 0.2) is 0 Å². The molecule has 1 aliphatic rings. The van der Waals surface area contributed by atoms with Crippen LogP contribution in [0.15, 0.2) is 18.2 Å². The summed E-state index contributed by atoms with van der Waals surface area (Å²) >= 11 is 0. The SMILES string of the molecule is Cc1c(N2CCC(C)C2C(=O)O)cccc1[N+](=O)[O-]. The molecule has 1 fully saturated rings. The van der Waals surface area contributed by atoms with Crippen LogP contribution < -0.4 is 4.90 Å². The molecule has 0 amide bonds. The molecule has 2 atom stereocenters. The number of nitro groups is 1. The van der Waals surface area contributed by atoms with Gasteiger partial charge >= 0.3 is 5.97 Å². The van der Waals surface area contributed by atoms with Crippen molar-refractivity contribution in [2.75, 3.05) is 11.4 Å². The van der Waals surface area contributed by atoms with E-state index in [9.17, 15) is 20.0 Å². The van der Waals surface area contributed by atoms with Crippen LogP contribution in [0.2, 0.25) is 0 Å². The van der Waals surface area contributed by atoms with Crippen molar-refractivity contribution in [1.82, 2.24) is 0 Å². The van der Waals surface area contributed by atoms with Crippen LogP contribution in [0, 0.1) is 23.0 Å². The molecule has 0 aliphatic carbocycles. The van der Waals surface area contributed by atoms with Gasteiger partial charge < -0.3 is 10.0 Å². The third-order valence-corrected chi connectivity index (χ3v) is 3.74. The van der Waals surface area contributed by atoms with E-state index < -0.39 is 16.9 Å². The fourth-order valence-electron chi connectivity index (χ4n) is 2.71. The minimum atomic E-state index is -0.879. The highest BCUT2D eigenvalue weighted by molar-refractivity contribution is 5.80. The van der Waals surface area contributed by atoms with Gasteiger partial charge in [-0.3, -0.25) is 10.1 Å². The van der Waals surface area contributed by atoms with E-state index in [0.717, 1.165) is 6.42 Å². The summed E-state index contributed by atoms with van der Waals surface area (Å²) in [6.45, 7) is 4.17. The van der Waals surface area contributed by atoms with Crippen molar-refractivity contribution in [3.63, 3.8) is 0 Å². The molecule has 2 unspecified atom stereocenters. The van der Waals surface area contributed by atoms with Crippen LogP contribution in [0.3, 0.4) is 0 Å².